The molecule has 27 heavy (non-hydrogen) atoms. The number of hydrogen-bond donors (Lipinski definition) is 2. The zero-order valence-electron chi connectivity index (χ0n) is 14.9. The van der Waals surface area contributed by atoms with Gasteiger partial charge in [-0.2, -0.15) is 0 Å². The van der Waals surface area contributed by atoms with Crippen molar-refractivity contribution >= 4 is 34.8 Å². The zero-order chi connectivity index (χ0) is 18.8. The van der Waals surface area contributed by atoms with Gasteiger partial charge in [0.05, 0.1) is 0 Å². The normalized spacial score (nSPS) is 16.3. The molecule has 4 rings (SSSR count). The average molecular weight is 363 g/mol. The SMILES string of the molecule is O=C(Nc1cccc(N2CCCC2=O)c1)c1ccc(NC(=O)C2CC2)cc1. The maximum Gasteiger partial charge on any atom is 0.255 e. The van der Waals surface area contributed by atoms with Crippen LogP contribution < -0.4 is 15.5 Å². The number of nitrogens with one attached hydrogen (secondary N) is 2. The highest BCUT2D eigenvalue weighted by Gasteiger charge is 2.29. The van der Waals surface area contributed by atoms with E-state index >= 15 is 0 Å². The van der Waals surface area contributed by atoms with Crippen LogP contribution in [-0.2, 0) is 9.59 Å². The van der Waals surface area contributed by atoms with Gasteiger partial charge in [-0.15, -0.1) is 0 Å². The van der Waals surface area contributed by atoms with Crippen molar-refractivity contribution in [2.24, 2.45) is 5.92 Å². The molecule has 2 aromatic carbocycles. The Kier molecular flexibility index (Phi) is 4.62. The lowest BCUT2D eigenvalue weighted by atomic mass is 10.1. The Morgan fingerprint density at radius 2 is 1.74 bits per heavy atom. The lowest BCUT2D eigenvalue weighted by Crippen LogP contribution is -2.23. The number of amides is 3. The van der Waals surface area contributed by atoms with Crippen LogP contribution in [0.3, 0.4) is 0 Å². The summed E-state index contributed by atoms with van der Waals surface area (Å²) >= 11 is 0. The fourth-order valence-electron chi connectivity index (χ4n) is 3.17. The molecule has 1 saturated carbocycles. The number of anilines is 3. The summed E-state index contributed by atoms with van der Waals surface area (Å²) in [6.45, 7) is 0.713. The van der Waals surface area contributed by atoms with Gasteiger partial charge in [0, 0.05) is 41.5 Å². The molecule has 2 N–H and O–H groups in total. The quantitative estimate of drug-likeness (QED) is 0.854. The van der Waals surface area contributed by atoms with Crippen LogP contribution in [-0.4, -0.2) is 24.3 Å². The van der Waals surface area contributed by atoms with E-state index in [2.05, 4.69) is 10.6 Å². The number of benzene rings is 2. The minimum absolute atomic E-state index is 0.0421. The van der Waals surface area contributed by atoms with Crippen LogP contribution in [0.4, 0.5) is 17.1 Å². The minimum atomic E-state index is -0.236. The first-order valence-corrected chi connectivity index (χ1v) is 9.23. The third kappa shape index (κ3) is 4.00. The molecule has 2 aromatic rings. The summed E-state index contributed by atoms with van der Waals surface area (Å²) in [5.74, 6) is 0.0606. The lowest BCUT2D eigenvalue weighted by molar-refractivity contribution is -0.118. The Labute approximate surface area is 157 Å². The molecule has 138 valence electrons. The molecular weight excluding hydrogens is 342 g/mol. The summed E-state index contributed by atoms with van der Waals surface area (Å²) < 4.78 is 0. The van der Waals surface area contributed by atoms with E-state index in [-0.39, 0.29) is 23.6 Å². The topological polar surface area (TPSA) is 78.5 Å². The molecular formula is C21H21N3O3. The summed E-state index contributed by atoms with van der Waals surface area (Å²) in [5.41, 5.74) is 2.64. The largest absolute Gasteiger partial charge is 0.326 e. The summed E-state index contributed by atoms with van der Waals surface area (Å²) in [5, 5.41) is 5.72. The van der Waals surface area contributed by atoms with Gasteiger partial charge in [-0.05, 0) is 61.7 Å². The van der Waals surface area contributed by atoms with Crippen molar-refractivity contribution in [3.8, 4) is 0 Å². The smallest absolute Gasteiger partial charge is 0.255 e. The third-order valence-electron chi connectivity index (χ3n) is 4.85. The molecule has 0 spiro atoms. The van der Waals surface area contributed by atoms with Crippen molar-refractivity contribution in [3.63, 3.8) is 0 Å². The number of carbonyl (C=O) groups excluding carboxylic acids is 3. The maximum atomic E-state index is 12.5. The molecule has 0 radical (unpaired) electrons. The summed E-state index contributed by atoms with van der Waals surface area (Å²) in [4.78, 5) is 37.9. The molecule has 0 atom stereocenters. The second kappa shape index (κ2) is 7.23. The Balaban J connectivity index is 1.41. The van der Waals surface area contributed by atoms with E-state index in [4.69, 9.17) is 0 Å². The van der Waals surface area contributed by atoms with Gasteiger partial charge in [-0.1, -0.05) is 6.07 Å². The molecule has 1 saturated heterocycles. The van der Waals surface area contributed by atoms with Crippen LogP contribution in [0.5, 0.6) is 0 Å². The lowest BCUT2D eigenvalue weighted by Gasteiger charge is -2.16. The van der Waals surface area contributed by atoms with Crippen LogP contribution in [0.2, 0.25) is 0 Å². The van der Waals surface area contributed by atoms with Crippen molar-refractivity contribution in [1.29, 1.82) is 0 Å². The van der Waals surface area contributed by atoms with Crippen molar-refractivity contribution < 1.29 is 14.4 Å². The Morgan fingerprint density at radius 1 is 0.963 bits per heavy atom. The van der Waals surface area contributed by atoms with E-state index in [1.165, 1.54) is 0 Å². The second-order valence-corrected chi connectivity index (χ2v) is 6.99. The Bertz CT molecular complexity index is 888. The average Bonchev–Trinajstić information content (AvgIpc) is 3.44. The summed E-state index contributed by atoms with van der Waals surface area (Å²) in [6.07, 6.45) is 3.34. The standard InChI is InChI=1S/C21H21N3O3/c25-19-5-2-12-24(19)18-4-1-3-17(13-18)23-21(27)15-8-10-16(11-9-15)22-20(26)14-6-7-14/h1,3-4,8-11,13-14H,2,5-7,12H2,(H,22,26)(H,23,27). The molecule has 2 fully saturated rings. The van der Waals surface area contributed by atoms with E-state index in [0.717, 1.165) is 24.9 Å². The van der Waals surface area contributed by atoms with Crippen molar-refractivity contribution in [2.75, 3.05) is 22.1 Å². The highest BCUT2D eigenvalue weighted by atomic mass is 16.2. The molecule has 0 unspecified atom stereocenters. The van der Waals surface area contributed by atoms with Crippen LogP contribution in [0, 0.1) is 5.92 Å². The molecule has 6 nitrogen and oxygen atoms in total. The monoisotopic (exact) mass is 363 g/mol. The predicted molar refractivity (Wildman–Crippen MR) is 104 cm³/mol. The van der Waals surface area contributed by atoms with E-state index in [0.29, 0.717) is 29.9 Å². The van der Waals surface area contributed by atoms with E-state index in [1.807, 2.05) is 18.2 Å². The van der Waals surface area contributed by atoms with Crippen molar-refractivity contribution in [1.82, 2.24) is 0 Å². The van der Waals surface area contributed by atoms with E-state index in [9.17, 15) is 14.4 Å². The third-order valence-corrected chi connectivity index (χ3v) is 4.85. The Morgan fingerprint density at radius 3 is 2.41 bits per heavy atom. The first-order valence-electron chi connectivity index (χ1n) is 9.23. The van der Waals surface area contributed by atoms with E-state index < -0.39 is 0 Å². The van der Waals surface area contributed by atoms with Gasteiger partial charge >= 0.3 is 0 Å². The van der Waals surface area contributed by atoms with Gasteiger partial charge in [0.15, 0.2) is 0 Å². The summed E-state index contributed by atoms with van der Waals surface area (Å²) in [6, 6.07) is 14.1. The second-order valence-electron chi connectivity index (χ2n) is 6.99. The predicted octanol–water partition coefficient (Wildman–Crippen LogP) is 3.41. The van der Waals surface area contributed by atoms with Crippen LogP contribution in [0.1, 0.15) is 36.0 Å². The molecule has 2 aliphatic rings. The van der Waals surface area contributed by atoms with Gasteiger partial charge in [0.25, 0.3) is 5.91 Å². The molecule has 1 aliphatic carbocycles. The molecule has 1 heterocycles. The molecule has 3 amide bonds. The van der Waals surface area contributed by atoms with Gasteiger partial charge in [-0.3, -0.25) is 14.4 Å². The van der Waals surface area contributed by atoms with Gasteiger partial charge in [0.1, 0.15) is 0 Å². The van der Waals surface area contributed by atoms with E-state index in [1.54, 1.807) is 35.2 Å². The zero-order valence-corrected chi connectivity index (χ0v) is 14.9. The number of nitrogens with zero attached hydrogens (tertiary/aromatic N) is 1. The molecule has 1 aliphatic heterocycles. The molecule has 6 heteroatoms. The fourth-order valence-corrected chi connectivity index (χ4v) is 3.17. The van der Waals surface area contributed by atoms with Crippen LogP contribution in [0.25, 0.3) is 0 Å². The Hall–Kier alpha value is -3.15. The number of carbonyl (C=O) groups is 3. The first kappa shape index (κ1) is 17.3. The first-order chi connectivity index (χ1) is 13.1. The number of hydrogen-bond acceptors (Lipinski definition) is 3. The summed E-state index contributed by atoms with van der Waals surface area (Å²) in [7, 11) is 0. The highest BCUT2D eigenvalue weighted by molar-refractivity contribution is 6.05. The van der Waals surface area contributed by atoms with Crippen molar-refractivity contribution in [3.05, 3.63) is 54.1 Å². The van der Waals surface area contributed by atoms with Gasteiger partial charge < -0.3 is 15.5 Å². The van der Waals surface area contributed by atoms with Crippen LogP contribution >= 0.6 is 0 Å². The maximum absolute atomic E-state index is 12.5. The van der Waals surface area contributed by atoms with Crippen LogP contribution in [0.15, 0.2) is 48.5 Å². The van der Waals surface area contributed by atoms with Gasteiger partial charge in [0.2, 0.25) is 11.8 Å². The number of rotatable bonds is 5. The molecule has 0 aromatic heterocycles. The van der Waals surface area contributed by atoms with Crippen molar-refractivity contribution in [2.45, 2.75) is 25.7 Å². The highest BCUT2D eigenvalue weighted by Crippen LogP contribution is 2.30. The molecule has 0 bridgehead atoms. The van der Waals surface area contributed by atoms with Gasteiger partial charge in [-0.25, -0.2) is 0 Å². The minimum Gasteiger partial charge on any atom is -0.326 e. The fraction of sp³-hybridized carbons (Fsp3) is 0.286.